The van der Waals surface area contributed by atoms with Gasteiger partial charge in [-0.2, -0.15) is 0 Å². The Hall–Kier alpha value is -2.00. The van der Waals surface area contributed by atoms with Crippen molar-refractivity contribution >= 4 is 30.3 Å². The second-order valence-electron chi connectivity index (χ2n) is 6.46. The fraction of sp³-hybridized carbons (Fsp3) is 0.250. The zero-order chi connectivity index (χ0) is 20.3. The summed E-state index contributed by atoms with van der Waals surface area (Å²) in [5, 5.41) is 6.35. The maximum Gasteiger partial charge on any atom is 0.118 e. The molecule has 0 atom stereocenters. The van der Waals surface area contributed by atoms with Crippen LogP contribution in [0.5, 0.6) is 11.5 Å². The summed E-state index contributed by atoms with van der Waals surface area (Å²) in [4.78, 5) is 1.33. The summed E-state index contributed by atoms with van der Waals surface area (Å²) in [5.41, 5.74) is 0. The van der Waals surface area contributed by atoms with Gasteiger partial charge in [0.05, 0.1) is 14.2 Å². The van der Waals surface area contributed by atoms with Gasteiger partial charge >= 0.3 is 0 Å². The highest BCUT2D eigenvalue weighted by Gasteiger charge is 2.14. The topological polar surface area (TPSA) is 30.5 Å². The van der Waals surface area contributed by atoms with E-state index in [2.05, 4.69) is 84.2 Å². The van der Waals surface area contributed by atoms with Crippen molar-refractivity contribution in [1.82, 2.24) is 5.32 Å². The van der Waals surface area contributed by atoms with Gasteiger partial charge in [-0.1, -0.05) is 42.5 Å². The largest absolute Gasteiger partial charge is 0.497 e. The smallest absolute Gasteiger partial charge is 0.118 e. The zero-order valence-electron chi connectivity index (χ0n) is 17.0. The molecule has 0 unspecified atom stereocenters. The standard InChI is InChI=1S/C24H28NO2PS/c1-26-20-8-12-22(13-9-20)28(23-14-10-21(27-2)11-15-23)18-16-25-17-19-29-24-6-4-3-5-7-24/h3-15,25H,16-19H2,1-2H3. The van der Waals surface area contributed by atoms with Gasteiger partial charge < -0.3 is 14.8 Å². The van der Waals surface area contributed by atoms with Crippen molar-refractivity contribution in [3.8, 4) is 11.5 Å². The number of ether oxygens (including phenoxy) is 2. The predicted octanol–water partition coefficient (Wildman–Crippen LogP) is 4.52. The molecule has 0 fully saturated rings. The Morgan fingerprint density at radius 2 is 1.28 bits per heavy atom. The van der Waals surface area contributed by atoms with Gasteiger partial charge in [0.15, 0.2) is 0 Å². The van der Waals surface area contributed by atoms with Crippen LogP contribution in [0.1, 0.15) is 0 Å². The molecule has 0 aromatic heterocycles. The molecule has 1 N–H and O–H groups in total. The third-order valence-electron chi connectivity index (χ3n) is 4.57. The molecule has 29 heavy (non-hydrogen) atoms. The minimum Gasteiger partial charge on any atom is -0.497 e. The second-order valence-corrected chi connectivity index (χ2v) is 9.96. The molecule has 3 nitrogen and oxygen atoms in total. The van der Waals surface area contributed by atoms with E-state index in [4.69, 9.17) is 9.47 Å². The van der Waals surface area contributed by atoms with Crippen LogP contribution in [0.2, 0.25) is 0 Å². The molecule has 0 bridgehead atoms. The summed E-state index contributed by atoms with van der Waals surface area (Å²) in [5.74, 6) is 2.87. The number of benzene rings is 3. The number of rotatable bonds is 11. The minimum atomic E-state index is -0.431. The van der Waals surface area contributed by atoms with Gasteiger partial charge in [0.2, 0.25) is 0 Å². The summed E-state index contributed by atoms with van der Waals surface area (Å²) in [6.07, 6.45) is 1.10. The SMILES string of the molecule is COc1ccc(P(CCNCCSc2ccccc2)c2ccc(OC)cc2)cc1. The summed E-state index contributed by atoms with van der Waals surface area (Å²) in [7, 11) is 2.98. The molecule has 0 aliphatic carbocycles. The lowest BCUT2D eigenvalue weighted by Crippen LogP contribution is -2.24. The monoisotopic (exact) mass is 425 g/mol. The van der Waals surface area contributed by atoms with Gasteiger partial charge in [-0.3, -0.25) is 0 Å². The quantitative estimate of drug-likeness (QED) is 0.278. The molecule has 5 heteroatoms. The van der Waals surface area contributed by atoms with Crippen molar-refractivity contribution in [2.45, 2.75) is 4.90 Å². The van der Waals surface area contributed by atoms with Crippen molar-refractivity contribution in [1.29, 1.82) is 0 Å². The third kappa shape index (κ3) is 6.78. The van der Waals surface area contributed by atoms with Crippen molar-refractivity contribution in [2.24, 2.45) is 0 Å². The highest BCUT2D eigenvalue weighted by atomic mass is 32.2. The van der Waals surface area contributed by atoms with Gasteiger partial charge in [-0.05, 0) is 67.6 Å². The maximum absolute atomic E-state index is 5.32. The van der Waals surface area contributed by atoms with Crippen LogP contribution in [0, 0.1) is 0 Å². The van der Waals surface area contributed by atoms with E-state index in [1.807, 2.05) is 11.8 Å². The molecular weight excluding hydrogens is 397 g/mol. The lowest BCUT2D eigenvalue weighted by atomic mass is 10.3. The molecule has 0 spiro atoms. The number of thioether (sulfide) groups is 1. The Kier molecular flexibility index (Phi) is 8.88. The van der Waals surface area contributed by atoms with E-state index < -0.39 is 7.92 Å². The van der Waals surface area contributed by atoms with Crippen LogP contribution in [0.25, 0.3) is 0 Å². The molecule has 0 saturated carbocycles. The first kappa shape index (κ1) is 21.7. The average Bonchev–Trinajstić information content (AvgIpc) is 2.79. The van der Waals surface area contributed by atoms with E-state index in [-0.39, 0.29) is 0 Å². The summed E-state index contributed by atoms with van der Waals surface area (Å²) in [6, 6.07) is 27.6. The molecule has 0 amide bonds. The second kappa shape index (κ2) is 11.9. The van der Waals surface area contributed by atoms with E-state index in [9.17, 15) is 0 Å². The maximum atomic E-state index is 5.32. The molecule has 3 rings (SSSR count). The van der Waals surface area contributed by atoms with Crippen molar-refractivity contribution in [2.75, 3.05) is 39.2 Å². The van der Waals surface area contributed by atoms with Gasteiger partial charge in [-0.25, -0.2) is 0 Å². The number of hydrogen-bond acceptors (Lipinski definition) is 4. The van der Waals surface area contributed by atoms with Crippen LogP contribution < -0.4 is 25.4 Å². The van der Waals surface area contributed by atoms with Crippen LogP contribution in [0.15, 0.2) is 83.8 Å². The molecule has 0 saturated heterocycles. The number of methoxy groups -OCH3 is 2. The first-order valence-electron chi connectivity index (χ1n) is 9.74. The summed E-state index contributed by atoms with van der Waals surface area (Å²) < 4.78 is 10.6. The Bertz CT molecular complexity index is 794. The Labute approximate surface area is 179 Å². The normalized spacial score (nSPS) is 10.9. The van der Waals surface area contributed by atoms with Gasteiger partial charge in [0.1, 0.15) is 11.5 Å². The van der Waals surface area contributed by atoms with E-state index >= 15 is 0 Å². The van der Waals surface area contributed by atoms with Crippen LogP contribution in [-0.4, -0.2) is 39.2 Å². The average molecular weight is 426 g/mol. The van der Waals surface area contributed by atoms with Crippen LogP contribution in [0.4, 0.5) is 0 Å². The lowest BCUT2D eigenvalue weighted by Gasteiger charge is -2.20. The molecule has 152 valence electrons. The van der Waals surface area contributed by atoms with Crippen LogP contribution >= 0.6 is 19.7 Å². The summed E-state index contributed by atoms with van der Waals surface area (Å²) in [6.45, 7) is 2.01. The van der Waals surface area contributed by atoms with E-state index in [0.717, 1.165) is 36.5 Å². The van der Waals surface area contributed by atoms with Crippen LogP contribution in [0.3, 0.4) is 0 Å². The predicted molar refractivity (Wildman–Crippen MR) is 127 cm³/mol. The van der Waals surface area contributed by atoms with Crippen molar-refractivity contribution < 1.29 is 9.47 Å². The molecule has 0 radical (unpaired) electrons. The number of nitrogens with one attached hydrogen (secondary N) is 1. The minimum absolute atomic E-state index is 0.431. The fourth-order valence-corrected chi connectivity index (χ4v) is 6.05. The first-order valence-corrected chi connectivity index (χ1v) is 12.3. The molecule has 0 aliphatic rings. The molecule has 0 heterocycles. The first-order chi connectivity index (χ1) is 14.3. The Morgan fingerprint density at radius 3 is 1.79 bits per heavy atom. The lowest BCUT2D eigenvalue weighted by molar-refractivity contribution is 0.415. The van der Waals surface area contributed by atoms with E-state index in [1.165, 1.54) is 15.5 Å². The highest BCUT2D eigenvalue weighted by Crippen LogP contribution is 2.34. The van der Waals surface area contributed by atoms with Gasteiger partial charge in [0, 0.05) is 17.2 Å². The van der Waals surface area contributed by atoms with Crippen molar-refractivity contribution in [3.63, 3.8) is 0 Å². The molecule has 3 aromatic rings. The Balaban J connectivity index is 1.57. The van der Waals surface area contributed by atoms with E-state index in [0.29, 0.717) is 0 Å². The summed E-state index contributed by atoms with van der Waals surface area (Å²) >= 11 is 1.90. The highest BCUT2D eigenvalue weighted by molar-refractivity contribution is 7.99. The van der Waals surface area contributed by atoms with Crippen LogP contribution in [-0.2, 0) is 0 Å². The molecule has 3 aromatic carbocycles. The third-order valence-corrected chi connectivity index (χ3v) is 8.10. The van der Waals surface area contributed by atoms with Gasteiger partial charge in [-0.15, -0.1) is 11.8 Å². The Morgan fingerprint density at radius 1 is 0.724 bits per heavy atom. The number of hydrogen-bond donors (Lipinski definition) is 1. The van der Waals surface area contributed by atoms with Gasteiger partial charge in [0.25, 0.3) is 0 Å². The molecular formula is C24H28NO2PS. The van der Waals surface area contributed by atoms with E-state index in [1.54, 1.807) is 14.2 Å². The zero-order valence-corrected chi connectivity index (χ0v) is 18.7. The fourth-order valence-electron chi connectivity index (χ4n) is 3.01. The van der Waals surface area contributed by atoms with Crippen molar-refractivity contribution in [3.05, 3.63) is 78.9 Å². The molecule has 0 aliphatic heterocycles.